The van der Waals surface area contributed by atoms with Gasteiger partial charge < -0.3 is 26.2 Å². The van der Waals surface area contributed by atoms with Crippen molar-refractivity contribution in [3.8, 4) is 16.9 Å². The summed E-state index contributed by atoms with van der Waals surface area (Å²) in [6.45, 7) is 0. The Morgan fingerprint density at radius 2 is 1.83 bits per heavy atom. The normalized spacial score (nSPS) is 25.3. The van der Waals surface area contributed by atoms with Crippen molar-refractivity contribution in [3.63, 3.8) is 0 Å². The quantitative estimate of drug-likeness (QED) is 0.320. The van der Waals surface area contributed by atoms with Crippen molar-refractivity contribution in [3.05, 3.63) is 69.3 Å². The summed E-state index contributed by atoms with van der Waals surface area (Å²) in [5.74, 6) is -6.73. The van der Waals surface area contributed by atoms with Crippen molar-refractivity contribution >= 4 is 28.9 Å². The Bertz CT molecular complexity index is 1470. The Kier molecular flexibility index (Phi) is 5.11. The molecular weight excluding hydrogens is 468 g/mol. The molecule has 1 saturated carbocycles. The average Bonchev–Trinajstić information content (AvgIpc) is 2.81. The number of carbonyl (C=O) groups is 3. The number of hydrogen-bond acceptors (Lipinski definition) is 8. The van der Waals surface area contributed by atoms with Crippen molar-refractivity contribution in [1.82, 2.24) is 0 Å². The van der Waals surface area contributed by atoms with E-state index in [4.69, 9.17) is 5.73 Å². The molecule has 2 aromatic rings. The first-order valence-electron chi connectivity index (χ1n) is 11.3. The van der Waals surface area contributed by atoms with E-state index in [0.717, 1.165) is 0 Å². The smallest absolute Gasteiger partial charge is 0.256 e. The lowest BCUT2D eigenvalue weighted by molar-refractivity contribution is -0.428. The van der Waals surface area contributed by atoms with Crippen LogP contribution >= 0.6 is 0 Å². The predicted octanol–water partition coefficient (Wildman–Crippen LogP) is 2.13. The molecule has 1 amide bonds. The van der Waals surface area contributed by atoms with E-state index in [1.807, 2.05) is 0 Å². The van der Waals surface area contributed by atoms with Crippen molar-refractivity contribution in [2.75, 3.05) is 7.05 Å². The Morgan fingerprint density at radius 3 is 2.50 bits per heavy atom. The van der Waals surface area contributed by atoms with E-state index < -0.39 is 52.0 Å². The highest BCUT2D eigenvalue weighted by Gasteiger charge is 2.60. The molecule has 10 heteroatoms. The molecule has 184 valence electrons. The van der Waals surface area contributed by atoms with Gasteiger partial charge in [-0.05, 0) is 41.5 Å². The maximum atomic E-state index is 13.6. The second-order valence-electron chi connectivity index (χ2n) is 9.44. The molecule has 0 aliphatic heterocycles. The van der Waals surface area contributed by atoms with Crippen molar-refractivity contribution in [2.24, 2.45) is 17.6 Å². The first-order valence-corrected chi connectivity index (χ1v) is 11.3. The number of fused-ring (bicyclic) bond motifs is 3. The van der Waals surface area contributed by atoms with Gasteiger partial charge >= 0.3 is 0 Å². The van der Waals surface area contributed by atoms with E-state index in [-0.39, 0.29) is 36.1 Å². The third kappa shape index (κ3) is 3.11. The summed E-state index contributed by atoms with van der Waals surface area (Å²) in [5.41, 5.74) is 3.78. The van der Waals surface area contributed by atoms with Crippen LogP contribution in [0.25, 0.3) is 16.9 Å². The highest BCUT2D eigenvalue weighted by molar-refractivity contribution is 6.22. The first-order chi connectivity index (χ1) is 17.0. The number of nitrogens with two attached hydrogens (primary N) is 1. The summed E-state index contributed by atoms with van der Waals surface area (Å²) in [5, 5.41) is 43.8. The molecule has 0 heterocycles. The minimum atomic E-state index is -2.60. The lowest BCUT2D eigenvalue weighted by Crippen LogP contribution is -2.58. The zero-order chi connectivity index (χ0) is 26.1. The number of rotatable bonds is 3. The van der Waals surface area contributed by atoms with Crippen LogP contribution in [-0.4, -0.2) is 55.3 Å². The molecule has 36 heavy (non-hydrogen) atoms. The number of ketones is 2. The Balaban J connectivity index is 1.70. The summed E-state index contributed by atoms with van der Waals surface area (Å²) in [7, 11) is 1.36. The van der Waals surface area contributed by atoms with Gasteiger partial charge in [-0.25, -0.2) is 0 Å². The molecule has 1 fully saturated rings. The number of nitroso groups, excluding NO2 is 1. The number of amides is 1. The van der Waals surface area contributed by atoms with Crippen molar-refractivity contribution < 1.29 is 39.6 Å². The van der Waals surface area contributed by atoms with Gasteiger partial charge in [-0.3, -0.25) is 14.4 Å². The zero-order valence-corrected chi connectivity index (χ0v) is 19.2. The van der Waals surface area contributed by atoms with Gasteiger partial charge in [0.05, 0.1) is 5.56 Å². The topological polar surface area (TPSA) is 178 Å². The minimum absolute atomic E-state index is 0.000473. The number of primary amides is 1. The maximum Gasteiger partial charge on any atom is 0.256 e. The third-order valence-corrected chi connectivity index (χ3v) is 7.47. The lowest BCUT2D eigenvalue weighted by atomic mass is 9.59. The molecule has 5 rings (SSSR count). The van der Waals surface area contributed by atoms with Crippen LogP contribution in [0.2, 0.25) is 0 Å². The molecule has 0 radical (unpaired) electrons. The first kappa shape index (κ1) is 23.4. The third-order valence-electron chi connectivity index (χ3n) is 7.47. The molecular formula is C26H23N2O8+. The van der Waals surface area contributed by atoms with Gasteiger partial charge in [0.15, 0.2) is 18.4 Å². The predicted molar refractivity (Wildman–Crippen MR) is 126 cm³/mol. The molecule has 3 atom stereocenters. The number of hydrogen-bond donors (Lipinski definition) is 5. The molecule has 0 saturated heterocycles. The molecule has 2 aromatic carbocycles. The van der Waals surface area contributed by atoms with Gasteiger partial charge in [0, 0.05) is 39.7 Å². The molecule has 0 unspecified atom stereocenters. The summed E-state index contributed by atoms with van der Waals surface area (Å²) >= 11 is 0. The van der Waals surface area contributed by atoms with Gasteiger partial charge in [0.2, 0.25) is 5.78 Å². The number of nitrogens with zero attached hydrogens (tertiary/aromatic N) is 1. The van der Waals surface area contributed by atoms with Crippen molar-refractivity contribution in [2.45, 2.75) is 24.9 Å². The van der Waals surface area contributed by atoms with E-state index >= 15 is 0 Å². The lowest BCUT2D eigenvalue weighted by Gasteiger charge is -2.46. The fraction of sp³-hybridized carbons (Fsp3) is 0.269. The van der Waals surface area contributed by atoms with Crippen LogP contribution in [0.3, 0.4) is 0 Å². The van der Waals surface area contributed by atoms with Crippen LogP contribution in [0.1, 0.15) is 24.0 Å². The highest BCUT2D eigenvalue weighted by Crippen LogP contribution is 2.53. The fourth-order valence-electron chi connectivity index (χ4n) is 5.76. The Hall–Kier alpha value is -4.31. The molecule has 6 N–H and O–H groups in total. The molecule has 3 aliphatic rings. The summed E-state index contributed by atoms with van der Waals surface area (Å²) in [6.07, 6.45) is -0.163. The van der Waals surface area contributed by atoms with E-state index in [9.17, 15) is 39.7 Å². The number of phenolic OH excluding ortho intramolecular Hbond substituents is 1. The highest BCUT2D eigenvalue weighted by atomic mass is 16.3. The van der Waals surface area contributed by atoms with E-state index in [0.29, 0.717) is 27.1 Å². The Morgan fingerprint density at radius 1 is 1.11 bits per heavy atom. The van der Waals surface area contributed by atoms with Gasteiger partial charge in [0.1, 0.15) is 22.8 Å². The van der Waals surface area contributed by atoms with Crippen molar-refractivity contribution in [1.29, 1.82) is 0 Å². The number of aliphatic hydroxyl groups is 3. The van der Waals surface area contributed by atoms with E-state index in [1.54, 1.807) is 30.3 Å². The zero-order valence-electron chi connectivity index (χ0n) is 19.2. The monoisotopic (exact) mass is 491 g/mol. The van der Waals surface area contributed by atoms with Crippen LogP contribution in [0, 0.1) is 16.7 Å². The van der Waals surface area contributed by atoms with E-state index in [1.165, 1.54) is 13.1 Å². The number of carbonyl (C=O) groups excluding carboxylic acids is 3. The number of Topliss-reactive ketones (excluding diaryl/α,β-unsaturated/α-hetero) is 2. The number of benzene rings is 2. The van der Waals surface area contributed by atoms with Gasteiger partial charge in [-0.1, -0.05) is 18.2 Å². The Labute approximate surface area is 204 Å². The summed E-state index contributed by atoms with van der Waals surface area (Å²) in [6, 6.07) is 9.77. The number of aliphatic hydroxyl groups excluding tert-OH is 2. The number of phenols is 1. The van der Waals surface area contributed by atoms with Gasteiger partial charge in [-0.2, -0.15) is 0 Å². The van der Waals surface area contributed by atoms with Crippen LogP contribution in [0.5, 0.6) is 5.75 Å². The summed E-state index contributed by atoms with van der Waals surface area (Å²) in [4.78, 5) is 49.6. The van der Waals surface area contributed by atoms with E-state index in [2.05, 4.69) is 0 Å². The second kappa shape index (κ2) is 7.85. The summed E-state index contributed by atoms with van der Waals surface area (Å²) < 4.78 is 0.701. The fourth-order valence-corrected chi connectivity index (χ4v) is 5.76. The largest absolute Gasteiger partial charge is 0.508 e. The molecule has 0 bridgehead atoms. The number of aromatic hydroxyl groups is 1. The molecule has 0 aromatic heterocycles. The SMILES string of the molecule is C[N+](=O)c1cccc(-c2ccc(O)c3c2C[C@H]2C[C@H]4CC(=O)C(C(N)=O)=C(O)[C@@]4(O)C(=O)C2=C3O)c1. The standard InChI is InChI=1S/C26H22N2O8/c1-28(36)14-4-2-3-11(8-14)15-5-6-17(29)20-16(15)9-12-7-13-10-18(30)21(25(27)34)24(33)26(13,35)23(32)19(12)22(20)31/h2-6,8,12-13,35H,7,9-10H2,1H3,(H4-,27,29,30,31,32,33,34)/p+1/t12-,13+,26+/m1/s1. The van der Waals surface area contributed by atoms with Gasteiger partial charge in [0.25, 0.3) is 11.6 Å². The molecule has 10 nitrogen and oxygen atoms in total. The second-order valence-corrected chi connectivity index (χ2v) is 9.44. The van der Waals surface area contributed by atoms with Crippen LogP contribution in [0.4, 0.5) is 5.69 Å². The average molecular weight is 491 g/mol. The molecule has 0 spiro atoms. The minimum Gasteiger partial charge on any atom is -0.508 e. The van der Waals surface area contributed by atoms with Crippen LogP contribution in [-0.2, 0) is 20.8 Å². The van der Waals surface area contributed by atoms with Crippen LogP contribution in [0.15, 0.2) is 53.3 Å². The van der Waals surface area contributed by atoms with Crippen LogP contribution < -0.4 is 5.73 Å². The maximum absolute atomic E-state index is 13.6. The van der Waals surface area contributed by atoms with Gasteiger partial charge in [-0.15, -0.1) is 0 Å². The molecule has 3 aliphatic carbocycles.